The van der Waals surface area contributed by atoms with Crippen LogP contribution in [0.3, 0.4) is 0 Å². The number of carbonyl (C=O) groups is 10. The molecule has 1 aliphatic rings. The molecule has 0 spiro atoms. The van der Waals surface area contributed by atoms with Crippen molar-refractivity contribution in [1.29, 1.82) is 0 Å². The maximum absolute atomic E-state index is 14.7. The molecule has 1 aromatic rings. The number of benzene rings is 1. The van der Waals surface area contributed by atoms with Gasteiger partial charge in [-0.3, -0.25) is 43.2 Å². The zero-order valence-electron chi connectivity index (χ0n) is 47.3. The van der Waals surface area contributed by atoms with E-state index in [2.05, 4.69) is 31.9 Å². The number of hydrogen-bond acceptors (Lipinski definition) is 16. The smallest absolute Gasteiger partial charge is 0.328 e. The summed E-state index contributed by atoms with van der Waals surface area (Å²) >= 11 is 0. The van der Waals surface area contributed by atoms with Crippen LogP contribution in [0.5, 0.6) is 0 Å². The van der Waals surface area contributed by atoms with Crippen molar-refractivity contribution in [3.8, 4) is 0 Å². The molecule has 1 aromatic carbocycles. The highest BCUT2D eigenvalue weighted by Crippen LogP contribution is 2.19. The molecule has 2 rings (SSSR count). The van der Waals surface area contributed by atoms with Gasteiger partial charge in [-0.1, -0.05) is 105 Å². The Balaban J connectivity index is 2.77. The standard InChI is InChI=1S/C53H87N9O16/c1-14-28(6)39-47(71)56-35(25-63)45(69)58-40(29(7)15-2)51(75)60(11)31(9)53(77)78-26-37(65)43(67)44(68)49(73)55-34(22-27(4)5)50(74)62(13)42(32(10)64)48(72)59-41(30(8)16-3)52(76)61(12)36(23-33-20-18-17-19-21-33)46(70)54-24-38(66)57-39/h17-21,27-32,34-37,39-44,63-65,67-68H,14-16,22-26H2,1-13H3,(H,54,70)(H,55,73)(H,56,71)(H,57,66)(H,58,69)(H,59,72)/t28-,29-,30-,31-,32+,34-,35-,36-,37+,39-,40-,41-,42-,43-,44+/m0/s1. The molecular formula is C53H87N9O16. The SMILES string of the molecule is CC[C@H](C)[C@@H]1NC(=O)CNC(=O)[C@H](Cc2ccccc2)N(C)C(=O)[C@H]([C@@H](C)CC)NC(=O)[C@H]([C@@H](C)O)N(C)C(=O)[C@H](CC(C)C)NC(=O)[C@H](O)[C@@H](O)[C@H](O)COC(=O)[C@H](C)N(C)C(=O)[C@H]([C@@H](C)CC)NC(=O)[C@H](CO)NC1=O. The maximum atomic E-state index is 14.7. The lowest BCUT2D eigenvalue weighted by atomic mass is 9.95. The lowest BCUT2D eigenvalue weighted by Gasteiger charge is -2.36. The number of carbonyl (C=O) groups excluding carboxylic acids is 10. The van der Waals surface area contributed by atoms with Crippen LogP contribution in [-0.4, -0.2) is 213 Å². The fourth-order valence-corrected chi connectivity index (χ4v) is 8.51. The molecule has 0 unspecified atom stereocenters. The summed E-state index contributed by atoms with van der Waals surface area (Å²) in [5, 5.41) is 69.1. The van der Waals surface area contributed by atoms with Crippen molar-refractivity contribution < 1.29 is 78.2 Å². The molecule has 0 saturated carbocycles. The summed E-state index contributed by atoms with van der Waals surface area (Å²) in [4.78, 5) is 142. The molecule has 1 aliphatic heterocycles. The monoisotopic (exact) mass is 1110 g/mol. The van der Waals surface area contributed by atoms with Gasteiger partial charge >= 0.3 is 5.97 Å². The maximum Gasteiger partial charge on any atom is 0.328 e. The van der Waals surface area contributed by atoms with E-state index in [0.717, 1.165) is 14.7 Å². The Morgan fingerprint density at radius 2 is 1.13 bits per heavy atom. The summed E-state index contributed by atoms with van der Waals surface area (Å²) < 4.78 is 5.17. The van der Waals surface area contributed by atoms with E-state index >= 15 is 0 Å². The van der Waals surface area contributed by atoms with Crippen LogP contribution in [0.25, 0.3) is 0 Å². The normalized spacial score (nSPS) is 29.0. The quantitative estimate of drug-likeness (QED) is 0.0962. The Kier molecular flexibility index (Phi) is 27.8. The highest BCUT2D eigenvalue weighted by atomic mass is 16.5. The van der Waals surface area contributed by atoms with Crippen LogP contribution in [-0.2, 0) is 59.1 Å². The highest BCUT2D eigenvalue weighted by molar-refractivity contribution is 5.98. The minimum absolute atomic E-state index is 0.0773. The number of hydrogen-bond donors (Lipinski definition) is 11. The van der Waals surface area contributed by atoms with E-state index in [9.17, 15) is 73.5 Å². The van der Waals surface area contributed by atoms with Crippen LogP contribution in [0, 0.1) is 23.7 Å². The number of aliphatic hydroxyl groups excluding tert-OH is 5. The van der Waals surface area contributed by atoms with Gasteiger partial charge in [-0.15, -0.1) is 0 Å². The molecule has 1 heterocycles. The Morgan fingerprint density at radius 1 is 0.615 bits per heavy atom. The van der Waals surface area contributed by atoms with E-state index in [1.807, 2.05) is 0 Å². The Hall–Kier alpha value is -6.28. The molecule has 0 aromatic heterocycles. The van der Waals surface area contributed by atoms with Crippen molar-refractivity contribution in [2.45, 2.75) is 174 Å². The third-order valence-electron chi connectivity index (χ3n) is 14.5. The summed E-state index contributed by atoms with van der Waals surface area (Å²) in [6.45, 7) is 13.4. The van der Waals surface area contributed by atoms with Gasteiger partial charge in [0.2, 0.25) is 47.3 Å². The van der Waals surface area contributed by atoms with Crippen LogP contribution in [0.15, 0.2) is 30.3 Å². The van der Waals surface area contributed by atoms with E-state index in [1.54, 1.807) is 85.7 Å². The van der Waals surface area contributed by atoms with Gasteiger partial charge in [-0.05, 0) is 49.5 Å². The molecule has 25 heteroatoms. The van der Waals surface area contributed by atoms with Crippen LogP contribution in [0.4, 0.5) is 0 Å². The average Bonchev–Trinajstić information content (AvgIpc) is 3.41. The molecular weight excluding hydrogens is 1020 g/mol. The predicted molar refractivity (Wildman–Crippen MR) is 284 cm³/mol. The average molecular weight is 1110 g/mol. The summed E-state index contributed by atoms with van der Waals surface area (Å²) in [6, 6.07) is -3.01. The van der Waals surface area contributed by atoms with Crippen molar-refractivity contribution in [2.24, 2.45) is 23.7 Å². The van der Waals surface area contributed by atoms with Crippen molar-refractivity contribution >= 4 is 59.1 Å². The van der Waals surface area contributed by atoms with E-state index in [-0.39, 0.29) is 18.8 Å². The lowest BCUT2D eigenvalue weighted by Crippen LogP contribution is -2.63. The first-order chi connectivity index (χ1) is 36.5. The fourth-order valence-electron chi connectivity index (χ4n) is 8.51. The Bertz CT molecular complexity index is 2200. The van der Waals surface area contributed by atoms with Crippen molar-refractivity contribution in [2.75, 3.05) is 40.9 Å². The van der Waals surface area contributed by atoms with Crippen molar-refractivity contribution in [3.05, 3.63) is 35.9 Å². The number of esters is 1. The van der Waals surface area contributed by atoms with Gasteiger partial charge in [0.15, 0.2) is 6.10 Å². The molecule has 15 atom stereocenters. The predicted octanol–water partition coefficient (Wildman–Crippen LogP) is -2.53. The minimum Gasteiger partial charge on any atom is -0.461 e. The second-order valence-corrected chi connectivity index (χ2v) is 20.9. The van der Waals surface area contributed by atoms with E-state index < -0.39 is 169 Å². The van der Waals surface area contributed by atoms with E-state index in [4.69, 9.17) is 4.74 Å². The topological polar surface area (TPSA) is 363 Å². The summed E-state index contributed by atoms with van der Waals surface area (Å²) in [7, 11) is 3.73. The van der Waals surface area contributed by atoms with Crippen LogP contribution < -0.4 is 31.9 Å². The summed E-state index contributed by atoms with van der Waals surface area (Å²) in [6.07, 6.45) is -7.67. The van der Waals surface area contributed by atoms with Crippen LogP contribution in [0.1, 0.15) is 100 Å². The molecule has 1 fully saturated rings. The van der Waals surface area contributed by atoms with Gasteiger partial charge in [0.25, 0.3) is 5.91 Å². The van der Waals surface area contributed by atoms with Crippen LogP contribution >= 0.6 is 0 Å². The Labute approximate surface area is 457 Å². The molecule has 9 amide bonds. The highest BCUT2D eigenvalue weighted by Gasteiger charge is 2.42. The van der Waals surface area contributed by atoms with Crippen LogP contribution in [0.2, 0.25) is 0 Å². The summed E-state index contributed by atoms with van der Waals surface area (Å²) in [5.74, 6) is -11.6. The second-order valence-electron chi connectivity index (χ2n) is 20.9. The molecule has 1 saturated heterocycles. The number of likely N-dealkylation sites (N-methyl/N-ethyl adjacent to an activating group) is 3. The number of amides is 9. The molecule has 0 bridgehead atoms. The molecule has 0 aliphatic carbocycles. The zero-order chi connectivity index (χ0) is 59.5. The first-order valence-corrected chi connectivity index (χ1v) is 26.6. The van der Waals surface area contributed by atoms with E-state index in [0.29, 0.717) is 24.8 Å². The number of cyclic esters (lactones) is 1. The third kappa shape index (κ3) is 19.0. The number of nitrogens with zero attached hydrogens (tertiary/aromatic N) is 3. The Morgan fingerprint density at radius 3 is 1.64 bits per heavy atom. The number of nitrogens with one attached hydrogen (secondary N) is 6. The van der Waals surface area contributed by atoms with Crippen molar-refractivity contribution in [1.82, 2.24) is 46.6 Å². The summed E-state index contributed by atoms with van der Waals surface area (Å²) in [5.41, 5.74) is 0.613. The molecule has 11 N–H and O–H groups in total. The number of ether oxygens (including phenoxy) is 1. The first-order valence-electron chi connectivity index (χ1n) is 26.6. The molecule has 0 radical (unpaired) electrons. The minimum atomic E-state index is -2.43. The first kappa shape index (κ1) is 67.8. The van der Waals surface area contributed by atoms with E-state index in [1.165, 1.54) is 35.0 Å². The van der Waals surface area contributed by atoms with Gasteiger partial charge in [-0.25, -0.2) is 4.79 Å². The third-order valence-corrected chi connectivity index (χ3v) is 14.5. The lowest BCUT2D eigenvalue weighted by molar-refractivity contribution is -0.162. The molecule has 440 valence electrons. The zero-order valence-corrected chi connectivity index (χ0v) is 47.3. The number of aliphatic hydroxyl groups is 5. The largest absolute Gasteiger partial charge is 0.461 e. The van der Waals surface area contributed by atoms with Crippen molar-refractivity contribution in [3.63, 3.8) is 0 Å². The van der Waals surface area contributed by atoms with Gasteiger partial charge in [-0.2, -0.15) is 0 Å². The molecule has 78 heavy (non-hydrogen) atoms. The van der Waals surface area contributed by atoms with Gasteiger partial charge < -0.3 is 76.9 Å². The second kappa shape index (κ2) is 32.0. The number of rotatable bonds is 12. The van der Waals surface area contributed by atoms with Gasteiger partial charge in [0.05, 0.1) is 19.3 Å². The van der Waals surface area contributed by atoms with Gasteiger partial charge in [0.1, 0.15) is 67.1 Å². The fraction of sp³-hybridized carbons (Fsp3) is 0.698. The van der Waals surface area contributed by atoms with Gasteiger partial charge in [0, 0.05) is 27.6 Å². The molecule has 25 nitrogen and oxygen atoms in total.